The van der Waals surface area contributed by atoms with Gasteiger partial charge >= 0.3 is 17.9 Å². The highest BCUT2D eigenvalue weighted by atomic mass is 16.6. The van der Waals surface area contributed by atoms with Crippen molar-refractivity contribution >= 4 is 17.9 Å². The van der Waals surface area contributed by atoms with Crippen LogP contribution in [0.1, 0.15) is 155 Å². The Balaban J connectivity index is 4.42. The smallest absolute Gasteiger partial charge is 0.362 e. The summed E-state index contributed by atoms with van der Waals surface area (Å²) in [4.78, 5) is 36.8. The second-order valence-electron chi connectivity index (χ2n) is 14.6. The topological polar surface area (TPSA) is 99.1 Å². The maximum atomic E-state index is 12.7. The van der Waals surface area contributed by atoms with Gasteiger partial charge in [-0.3, -0.25) is 9.59 Å². The molecule has 0 aromatic rings. The lowest BCUT2D eigenvalue weighted by Gasteiger charge is -2.31. The number of rotatable bonds is 35. The number of nitrogens with zero attached hydrogens (tertiary/aromatic N) is 1. The van der Waals surface area contributed by atoms with Crippen molar-refractivity contribution in [3.8, 4) is 0 Å². The van der Waals surface area contributed by atoms with E-state index < -0.39 is 18.1 Å². The van der Waals surface area contributed by atoms with Crippen LogP contribution in [0.5, 0.6) is 0 Å². The normalized spacial score (nSPS) is 13.5. The highest BCUT2D eigenvalue weighted by Crippen LogP contribution is 2.13. The summed E-state index contributed by atoms with van der Waals surface area (Å²) < 4.78 is 17.2. The van der Waals surface area contributed by atoms with Crippen molar-refractivity contribution in [2.24, 2.45) is 0 Å². The second kappa shape index (κ2) is 34.4. The van der Waals surface area contributed by atoms with Gasteiger partial charge in [-0.2, -0.15) is 0 Å². The van der Waals surface area contributed by atoms with Gasteiger partial charge in [0.15, 0.2) is 12.1 Å². The predicted molar refractivity (Wildman–Crippen MR) is 211 cm³/mol. The molecule has 0 aliphatic rings. The Labute approximate surface area is 312 Å². The molecule has 294 valence electrons. The summed E-state index contributed by atoms with van der Waals surface area (Å²) in [6.45, 7) is 4.54. The van der Waals surface area contributed by atoms with Crippen molar-refractivity contribution in [2.45, 2.75) is 167 Å². The van der Waals surface area contributed by atoms with Gasteiger partial charge in [0, 0.05) is 19.3 Å². The summed E-state index contributed by atoms with van der Waals surface area (Å²) in [6.07, 6.45) is 38.6. The molecule has 0 saturated heterocycles. The Kier molecular flexibility index (Phi) is 32.6. The molecular formula is C43H76NO7+. The van der Waals surface area contributed by atoms with E-state index in [0.29, 0.717) is 19.3 Å². The monoisotopic (exact) mass is 719 g/mol. The number of allylic oxidation sites excluding steroid dienone is 8. The summed E-state index contributed by atoms with van der Waals surface area (Å²) in [7, 11) is 5.51. The number of carbonyl (C=O) groups excluding carboxylic acids is 2. The minimum absolute atomic E-state index is 0.0528. The first-order valence-electron chi connectivity index (χ1n) is 20.2. The number of aliphatic carboxylic acids is 1. The van der Waals surface area contributed by atoms with Crippen molar-refractivity contribution in [1.82, 2.24) is 0 Å². The minimum atomic E-state index is -0.880. The zero-order chi connectivity index (χ0) is 37.8. The van der Waals surface area contributed by atoms with Crippen LogP contribution in [0.2, 0.25) is 0 Å². The molecule has 0 aliphatic heterocycles. The van der Waals surface area contributed by atoms with Crippen molar-refractivity contribution in [3.05, 3.63) is 48.6 Å². The molecule has 0 radical (unpaired) electrons. The molecule has 8 nitrogen and oxygen atoms in total. The Bertz CT molecular complexity index is 979. The highest BCUT2D eigenvalue weighted by Gasteiger charge is 2.31. The van der Waals surface area contributed by atoms with Crippen LogP contribution >= 0.6 is 0 Å². The third-order valence-electron chi connectivity index (χ3n) is 8.77. The average Bonchev–Trinajstić information content (AvgIpc) is 3.08. The maximum absolute atomic E-state index is 12.7. The zero-order valence-corrected chi connectivity index (χ0v) is 33.3. The molecule has 0 saturated carbocycles. The number of carboxylic acids is 1. The number of hydrogen-bond acceptors (Lipinski definition) is 6. The van der Waals surface area contributed by atoms with Gasteiger partial charge in [-0.15, -0.1) is 0 Å². The molecule has 0 fully saturated rings. The van der Waals surface area contributed by atoms with E-state index in [4.69, 9.17) is 14.2 Å². The van der Waals surface area contributed by atoms with E-state index in [0.717, 1.165) is 64.2 Å². The lowest BCUT2D eigenvalue weighted by molar-refractivity contribution is -0.887. The average molecular weight is 719 g/mol. The SMILES string of the molecule is CC/C=C/C=C/C=C/CCCCCCCCCC(=O)OCC(COCCC(C(=O)O)[N+](C)(C)C)OC(=O)CCCCCCC/C=C/CCCCC. The standard InChI is InChI=1S/C43H75NO7/c1-6-8-10-12-14-16-18-20-21-22-24-25-27-29-31-33-41(45)50-38-39(37-49-36-35-40(43(47)48)44(3,4)5)51-42(46)34-32-30-28-26-23-19-17-15-13-11-9-7-2/h8,10,12,14-18,39-40H,6-7,9,11,13,19-38H2,1-5H3/p+1/b10-8+,14-12+,17-15+,18-16+. The molecule has 0 aromatic carbocycles. The fourth-order valence-electron chi connectivity index (χ4n) is 5.61. The first kappa shape index (κ1) is 48.3. The third-order valence-corrected chi connectivity index (χ3v) is 8.77. The minimum Gasteiger partial charge on any atom is -0.477 e. The molecule has 2 unspecified atom stereocenters. The van der Waals surface area contributed by atoms with Gasteiger partial charge < -0.3 is 23.8 Å². The van der Waals surface area contributed by atoms with Crippen LogP contribution in [0.3, 0.4) is 0 Å². The predicted octanol–water partition coefficient (Wildman–Crippen LogP) is 10.5. The van der Waals surface area contributed by atoms with E-state index in [9.17, 15) is 19.5 Å². The van der Waals surface area contributed by atoms with Crippen LogP contribution in [-0.4, -0.2) is 80.6 Å². The fraction of sp³-hybridized carbons (Fsp3) is 0.744. The van der Waals surface area contributed by atoms with Gasteiger partial charge in [0.25, 0.3) is 0 Å². The van der Waals surface area contributed by atoms with Crippen LogP contribution in [-0.2, 0) is 28.6 Å². The summed E-state index contributed by atoms with van der Waals surface area (Å²) in [5.74, 6) is -1.50. The number of esters is 2. The molecule has 0 bridgehead atoms. The fourth-order valence-corrected chi connectivity index (χ4v) is 5.61. The van der Waals surface area contributed by atoms with Crippen molar-refractivity contribution < 1.29 is 38.2 Å². The van der Waals surface area contributed by atoms with Crippen LogP contribution < -0.4 is 0 Å². The molecule has 0 aromatic heterocycles. The molecule has 1 N–H and O–H groups in total. The van der Waals surface area contributed by atoms with Crippen LogP contribution in [0, 0.1) is 0 Å². The first-order valence-corrected chi connectivity index (χ1v) is 20.2. The lowest BCUT2D eigenvalue weighted by atomic mass is 10.1. The maximum Gasteiger partial charge on any atom is 0.362 e. The van der Waals surface area contributed by atoms with Crippen LogP contribution in [0.25, 0.3) is 0 Å². The lowest BCUT2D eigenvalue weighted by Crippen LogP contribution is -2.50. The largest absolute Gasteiger partial charge is 0.477 e. The van der Waals surface area contributed by atoms with Crippen LogP contribution in [0.4, 0.5) is 0 Å². The first-order chi connectivity index (χ1) is 24.6. The van der Waals surface area contributed by atoms with Crippen LogP contribution in [0.15, 0.2) is 48.6 Å². The molecular weight excluding hydrogens is 642 g/mol. The number of likely N-dealkylation sites (N-methyl/N-ethyl adjacent to an activating group) is 1. The number of quaternary nitrogens is 1. The Hall–Kier alpha value is -2.71. The Morgan fingerprint density at radius 3 is 1.67 bits per heavy atom. The molecule has 0 rings (SSSR count). The Morgan fingerprint density at radius 2 is 1.12 bits per heavy atom. The Morgan fingerprint density at radius 1 is 0.608 bits per heavy atom. The molecule has 0 amide bonds. The molecule has 0 heterocycles. The molecule has 51 heavy (non-hydrogen) atoms. The number of ether oxygens (including phenoxy) is 3. The van der Waals surface area contributed by atoms with Crippen molar-refractivity contribution in [2.75, 3.05) is 41.0 Å². The van der Waals surface area contributed by atoms with E-state index in [1.165, 1.54) is 57.8 Å². The number of unbranched alkanes of at least 4 members (excludes halogenated alkanes) is 15. The third kappa shape index (κ3) is 32.9. The van der Waals surface area contributed by atoms with Crippen molar-refractivity contribution in [1.29, 1.82) is 0 Å². The van der Waals surface area contributed by atoms with Gasteiger partial charge in [-0.25, -0.2) is 4.79 Å². The quantitative estimate of drug-likeness (QED) is 0.0229. The van der Waals surface area contributed by atoms with Gasteiger partial charge in [0.05, 0.1) is 34.4 Å². The van der Waals surface area contributed by atoms with Crippen molar-refractivity contribution in [3.63, 3.8) is 0 Å². The van der Waals surface area contributed by atoms with E-state index >= 15 is 0 Å². The molecule has 2 atom stereocenters. The molecule has 0 aliphatic carbocycles. The molecule has 8 heteroatoms. The molecule has 0 spiro atoms. The number of carboxylic acid groups (broad SMARTS) is 1. The van der Waals surface area contributed by atoms with E-state index in [-0.39, 0.29) is 36.2 Å². The van der Waals surface area contributed by atoms with Gasteiger partial charge in [-0.05, 0) is 57.8 Å². The summed E-state index contributed by atoms with van der Waals surface area (Å²) in [5.41, 5.74) is 0. The number of carbonyl (C=O) groups is 3. The highest BCUT2D eigenvalue weighted by molar-refractivity contribution is 5.72. The number of hydrogen-bond donors (Lipinski definition) is 1. The van der Waals surface area contributed by atoms with E-state index in [2.05, 4.69) is 62.5 Å². The van der Waals surface area contributed by atoms with Gasteiger partial charge in [0.2, 0.25) is 0 Å². The van der Waals surface area contributed by atoms with Gasteiger partial charge in [-0.1, -0.05) is 127 Å². The second-order valence-corrected chi connectivity index (χ2v) is 14.6. The summed E-state index contributed by atoms with van der Waals surface area (Å²) >= 11 is 0. The van der Waals surface area contributed by atoms with Gasteiger partial charge in [0.1, 0.15) is 6.61 Å². The summed E-state index contributed by atoms with van der Waals surface area (Å²) in [5, 5.41) is 9.59. The summed E-state index contributed by atoms with van der Waals surface area (Å²) in [6, 6.07) is -0.617. The van der Waals surface area contributed by atoms with E-state index in [1.54, 1.807) is 0 Å². The van der Waals surface area contributed by atoms with E-state index in [1.807, 2.05) is 21.1 Å². The zero-order valence-electron chi connectivity index (χ0n) is 33.3.